The number of aliphatic hydroxyl groups is 1. The molecular formula is C21H20FNO4. The second-order valence-electron chi connectivity index (χ2n) is 6.61. The van der Waals surface area contributed by atoms with E-state index in [2.05, 4.69) is 0 Å². The van der Waals surface area contributed by atoms with Gasteiger partial charge in [0.2, 0.25) is 0 Å². The van der Waals surface area contributed by atoms with Gasteiger partial charge in [0.15, 0.2) is 11.5 Å². The first-order valence-electron chi connectivity index (χ1n) is 8.55. The van der Waals surface area contributed by atoms with Crippen molar-refractivity contribution in [2.24, 2.45) is 5.92 Å². The maximum absolute atomic E-state index is 13.4. The lowest BCUT2D eigenvalue weighted by Gasteiger charge is -2.27. The molecule has 27 heavy (non-hydrogen) atoms. The Morgan fingerprint density at radius 1 is 1.19 bits per heavy atom. The molecule has 1 amide bonds. The molecule has 5 nitrogen and oxygen atoms in total. The molecule has 1 N–H and O–H groups in total. The van der Waals surface area contributed by atoms with Crippen LogP contribution in [0.3, 0.4) is 0 Å². The van der Waals surface area contributed by atoms with Crippen LogP contribution in [0.2, 0.25) is 0 Å². The van der Waals surface area contributed by atoms with Gasteiger partial charge >= 0.3 is 0 Å². The van der Waals surface area contributed by atoms with Crippen LogP contribution in [0.5, 0.6) is 5.75 Å². The number of carbonyl (C=O) groups excluding carboxylic acids is 2. The molecule has 0 saturated carbocycles. The Hall–Kier alpha value is -3.15. The number of aliphatic hydroxyl groups excluding tert-OH is 1. The zero-order valence-corrected chi connectivity index (χ0v) is 15.3. The first-order chi connectivity index (χ1) is 12.8. The highest BCUT2D eigenvalue weighted by Gasteiger charge is 2.44. The molecule has 0 aromatic heterocycles. The van der Waals surface area contributed by atoms with Crippen molar-refractivity contribution < 1.29 is 23.8 Å². The van der Waals surface area contributed by atoms with Gasteiger partial charge in [-0.2, -0.15) is 0 Å². The van der Waals surface area contributed by atoms with Crippen LogP contribution in [0.4, 0.5) is 10.1 Å². The molecular weight excluding hydrogens is 349 g/mol. The minimum absolute atomic E-state index is 0.0180. The molecule has 0 spiro atoms. The number of benzene rings is 2. The fourth-order valence-corrected chi connectivity index (χ4v) is 3.16. The molecule has 1 unspecified atom stereocenters. The highest BCUT2D eigenvalue weighted by Crippen LogP contribution is 2.42. The summed E-state index contributed by atoms with van der Waals surface area (Å²) in [7, 11) is 1.51. The molecule has 0 fully saturated rings. The molecule has 0 aliphatic carbocycles. The molecule has 2 aromatic carbocycles. The highest BCUT2D eigenvalue weighted by molar-refractivity contribution is 6.16. The summed E-state index contributed by atoms with van der Waals surface area (Å²) in [6.07, 6.45) is 0. The van der Waals surface area contributed by atoms with E-state index in [1.807, 2.05) is 0 Å². The monoisotopic (exact) mass is 369 g/mol. The van der Waals surface area contributed by atoms with E-state index in [-0.39, 0.29) is 11.4 Å². The SMILES string of the molecule is COc1cccc(N2C(=O)C(O)=C(C(=O)C(C)C)C2c2ccc(F)cc2)c1. The summed E-state index contributed by atoms with van der Waals surface area (Å²) < 4.78 is 18.6. The van der Waals surface area contributed by atoms with Crippen molar-refractivity contribution in [2.75, 3.05) is 12.0 Å². The standard InChI is InChI=1S/C21H20FNO4/c1-12(2)19(24)17-18(13-7-9-14(22)10-8-13)23(21(26)20(17)25)15-5-4-6-16(11-15)27-3/h4-12,18,25H,1-3H3. The second kappa shape index (κ2) is 7.23. The maximum Gasteiger partial charge on any atom is 0.294 e. The number of amides is 1. The Morgan fingerprint density at radius 2 is 1.85 bits per heavy atom. The third-order valence-corrected chi connectivity index (χ3v) is 4.52. The van der Waals surface area contributed by atoms with E-state index in [0.29, 0.717) is 17.0 Å². The van der Waals surface area contributed by atoms with Crippen LogP contribution in [0, 0.1) is 11.7 Å². The van der Waals surface area contributed by atoms with Crippen LogP contribution >= 0.6 is 0 Å². The van der Waals surface area contributed by atoms with Crippen LogP contribution in [0.25, 0.3) is 0 Å². The van der Waals surface area contributed by atoms with Crippen molar-refractivity contribution in [2.45, 2.75) is 19.9 Å². The van der Waals surface area contributed by atoms with Gasteiger partial charge in [0, 0.05) is 17.7 Å². The largest absolute Gasteiger partial charge is 0.503 e. The lowest BCUT2D eigenvalue weighted by atomic mass is 9.91. The zero-order valence-electron chi connectivity index (χ0n) is 15.3. The van der Waals surface area contributed by atoms with E-state index in [1.165, 1.54) is 36.3 Å². The van der Waals surface area contributed by atoms with Gasteiger partial charge < -0.3 is 9.84 Å². The molecule has 0 bridgehead atoms. The number of rotatable bonds is 5. The normalized spacial score (nSPS) is 17.0. The third kappa shape index (κ3) is 3.30. The van der Waals surface area contributed by atoms with Crippen molar-refractivity contribution in [1.82, 2.24) is 0 Å². The molecule has 1 heterocycles. The van der Waals surface area contributed by atoms with Gasteiger partial charge in [-0.3, -0.25) is 14.5 Å². The minimum Gasteiger partial charge on any atom is -0.503 e. The quantitative estimate of drug-likeness (QED) is 0.866. The van der Waals surface area contributed by atoms with Crippen LogP contribution in [-0.4, -0.2) is 23.9 Å². The topological polar surface area (TPSA) is 66.8 Å². The summed E-state index contributed by atoms with van der Waals surface area (Å²) in [6.45, 7) is 3.39. The van der Waals surface area contributed by atoms with E-state index in [9.17, 15) is 19.1 Å². The number of anilines is 1. The average molecular weight is 369 g/mol. The molecule has 0 radical (unpaired) electrons. The summed E-state index contributed by atoms with van der Waals surface area (Å²) >= 11 is 0. The molecule has 1 atom stereocenters. The van der Waals surface area contributed by atoms with Crippen LogP contribution < -0.4 is 9.64 Å². The Morgan fingerprint density at radius 3 is 2.44 bits per heavy atom. The fourth-order valence-electron chi connectivity index (χ4n) is 3.16. The Bertz CT molecular complexity index is 918. The fraction of sp³-hybridized carbons (Fsp3) is 0.238. The molecule has 1 aliphatic heterocycles. The average Bonchev–Trinajstić information content (AvgIpc) is 2.93. The summed E-state index contributed by atoms with van der Waals surface area (Å²) in [6, 6.07) is 11.5. The number of hydrogen-bond donors (Lipinski definition) is 1. The second-order valence-corrected chi connectivity index (χ2v) is 6.61. The molecule has 0 saturated heterocycles. The number of carbonyl (C=O) groups is 2. The van der Waals surface area contributed by atoms with Crippen molar-refractivity contribution >= 4 is 17.4 Å². The maximum atomic E-state index is 13.4. The van der Waals surface area contributed by atoms with Crippen molar-refractivity contribution in [3.8, 4) is 5.75 Å². The molecule has 6 heteroatoms. The summed E-state index contributed by atoms with van der Waals surface area (Å²) in [4.78, 5) is 26.9. The lowest BCUT2D eigenvalue weighted by Crippen LogP contribution is -2.31. The predicted octanol–water partition coefficient (Wildman–Crippen LogP) is 3.96. The smallest absolute Gasteiger partial charge is 0.294 e. The van der Waals surface area contributed by atoms with Crippen LogP contribution in [0.15, 0.2) is 59.9 Å². The van der Waals surface area contributed by atoms with Gasteiger partial charge in [-0.05, 0) is 29.8 Å². The third-order valence-electron chi connectivity index (χ3n) is 4.52. The Labute approximate surface area is 156 Å². The molecule has 1 aliphatic rings. The number of halogens is 1. The van der Waals surface area contributed by atoms with Gasteiger partial charge in [-0.1, -0.05) is 32.0 Å². The molecule has 2 aromatic rings. The van der Waals surface area contributed by atoms with Gasteiger partial charge in [0.1, 0.15) is 11.6 Å². The zero-order chi connectivity index (χ0) is 19.7. The number of nitrogens with zero attached hydrogens (tertiary/aromatic N) is 1. The van der Waals surface area contributed by atoms with E-state index in [4.69, 9.17) is 4.74 Å². The van der Waals surface area contributed by atoms with E-state index in [0.717, 1.165) is 0 Å². The first kappa shape index (κ1) is 18.6. The van der Waals surface area contributed by atoms with Crippen LogP contribution in [0.1, 0.15) is 25.5 Å². The van der Waals surface area contributed by atoms with Gasteiger partial charge in [0.25, 0.3) is 5.91 Å². The van der Waals surface area contributed by atoms with E-state index >= 15 is 0 Å². The van der Waals surface area contributed by atoms with Crippen molar-refractivity contribution in [3.05, 3.63) is 71.2 Å². The van der Waals surface area contributed by atoms with E-state index in [1.54, 1.807) is 38.1 Å². The first-order valence-corrected chi connectivity index (χ1v) is 8.55. The minimum atomic E-state index is -0.847. The summed E-state index contributed by atoms with van der Waals surface area (Å²) in [5, 5.41) is 10.5. The number of methoxy groups -OCH3 is 1. The number of hydrogen-bond acceptors (Lipinski definition) is 4. The Kier molecular flexibility index (Phi) is 4.99. The number of ether oxygens (including phenoxy) is 1. The van der Waals surface area contributed by atoms with Gasteiger partial charge in [-0.25, -0.2) is 4.39 Å². The summed E-state index contributed by atoms with van der Waals surface area (Å²) in [5.41, 5.74) is 1.01. The molecule has 3 rings (SSSR count). The number of Topliss-reactive ketones (excluding diaryl/α,β-unsaturated/α-hetero) is 1. The Balaban J connectivity index is 2.18. The predicted molar refractivity (Wildman–Crippen MR) is 99.1 cm³/mol. The molecule has 140 valence electrons. The lowest BCUT2D eigenvalue weighted by molar-refractivity contribution is -0.119. The van der Waals surface area contributed by atoms with E-state index < -0.39 is 29.4 Å². The summed E-state index contributed by atoms with van der Waals surface area (Å²) in [5.74, 6) is -1.90. The highest BCUT2D eigenvalue weighted by atomic mass is 19.1. The number of ketones is 1. The van der Waals surface area contributed by atoms with Crippen LogP contribution in [-0.2, 0) is 9.59 Å². The van der Waals surface area contributed by atoms with Crippen molar-refractivity contribution in [1.29, 1.82) is 0 Å². The van der Waals surface area contributed by atoms with Crippen molar-refractivity contribution in [3.63, 3.8) is 0 Å². The van der Waals surface area contributed by atoms with Gasteiger partial charge in [0.05, 0.1) is 18.7 Å². The van der Waals surface area contributed by atoms with Gasteiger partial charge in [-0.15, -0.1) is 0 Å².